The first kappa shape index (κ1) is 8.23. The second kappa shape index (κ2) is 4.87. The van der Waals surface area contributed by atoms with Gasteiger partial charge in [-0.3, -0.25) is 0 Å². The summed E-state index contributed by atoms with van der Waals surface area (Å²) < 4.78 is 5.01. The van der Waals surface area contributed by atoms with Crippen LogP contribution in [0.5, 0.6) is 0 Å². The van der Waals surface area contributed by atoms with Crippen molar-refractivity contribution in [2.75, 3.05) is 5.88 Å². The standard InChI is InChI=1S/C9H9ClO/c10-7-3-1-2-5-9-6-4-8-11-9/h4,6,8H,1,3,7H2. The molecule has 0 saturated carbocycles. The highest BCUT2D eigenvalue weighted by Crippen LogP contribution is 1.97. The van der Waals surface area contributed by atoms with Crippen LogP contribution in [0.1, 0.15) is 18.6 Å². The van der Waals surface area contributed by atoms with Gasteiger partial charge in [0.1, 0.15) is 0 Å². The molecule has 1 heterocycles. The fraction of sp³-hybridized carbons (Fsp3) is 0.333. The fourth-order valence-corrected chi connectivity index (χ4v) is 0.788. The second-order valence-corrected chi connectivity index (χ2v) is 2.45. The average Bonchev–Trinajstić information content (AvgIpc) is 2.50. The molecule has 1 aromatic heterocycles. The third-order valence-electron chi connectivity index (χ3n) is 1.17. The molecule has 0 bridgehead atoms. The fourth-order valence-electron chi connectivity index (χ4n) is 0.655. The monoisotopic (exact) mass is 168 g/mol. The van der Waals surface area contributed by atoms with Crippen LogP contribution in [0.15, 0.2) is 22.8 Å². The molecule has 0 aromatic carbocycles. The van der Waals surface area contributed by atoms with Gasteiger partial charge in [0, 0.05) is 12.3 Å². The summed E-state index contributed by atoms with van der Waals surface area (Å²) in [6.45, 7) is 0. The lowest BCUT2D eigenvalue weighted by atomic mass is 10.3. The number of alkyl halides is 1. The first-order chi connectivity index (χ1) is 5.43. The molecule has 0 N–H and O–H groups in total. The highest BCUT2D eigenvalue weighted by molar-refractivity contribution is 6.17. The van der Waals surface area contributed by atoms with Gasteiger partial charge in [-0.25, -0.2) is 0 Å². The van der Waals surface area contributed by atoms with Crippen molar-refractivity contribution in [3.8, 4) is 11.8 Å². The number of furan rings is 1. The minimum Gasteiger partial charge on any atom is -0.456 e. The van der Waals surface area contributed by atoms with Crippen molar-refractivity contribution in [3.05, 3.63) is 24.2 Å². The molecule has 0 amide bonds. The smallest absolute Gasteiger partial charge is 0.176 e. The molecule has 58 valence electrons. The van der Waals surface area contributed by atoms with Crippen LogP contribution in [0.4, 0.5) is 0 Å². The number of hydrogen-bond acceptors (Lipinski definition) is 1. The lowest BCUT2D eigenvalue weighted by Crippen LogP contribution is -1.71. The van der Waals surface area contributed by atoms with Crippen LogP contribution in [0.3, 0.4) is 0 Å². The zero-order valence-electron chi connectivity index (χ0n) is 6.14. The van der Waals surface area contributed by atoms with Crippen LogP contribution < -0.4 is 0 Å². The summed E-state index contributed by atoms with van der Waals surface area (Å²) >= 11 is 5.47. The largest absolute Gasteiger partial charge is 0.456 e. The second-order valence-electron chi connectivity index (χ2n) is 2.07. The SMILES string of the molecule is ClCCCC#Cc1ccco1. The van der Waals surface area contributed by atoms with E-state index in [2.05, 4.69) is 11.8 Å². The Morgan fingerprint density at radius 3 is 3.09 bits per heavy atom. The maximum atomic E-state index is 5.47. The normalized spacial score (nSPS) is 8.82. The molecule has 0 aliphatic rings. The van der Waals surface area contributed by atoms with Gasteiger partial charge in [0.15, 0.2) is 5.76 Å². The topological polar surface area (TPSA) is 13.1 Å². The van der Waals surface area contributed by atoms with Crippen LogP contribution in [-0.4, -0.2) is 5.88 Å². The molecule has 1 aromatic rings. The van der Waals surface area contributed by atoms with E-state index in [1.54, 1.807) is 6.26 Å². The summed E-state index contributed by atoms with van der Waals surface area (Å²) in [7, 11) is 0. The zero-order valence-corrected chi connectivity index (χ0v) is 6.90. The van der Waals surface area contributed by atoms with E-state index in [0.29, 0.717) is 5.88 Å². The predicted octanol–water partition coefficient (Wildman–Crippen LogP) is 2.65. The van der Waals surface area contributed by atoms with Crippen LogP contribution in [0.25, 0.3) is 0 Å². The molecule has 11 heavy (non-hydrogen) atoms. The van der Waals surface area contributed by atoms with Crippen molar-refractivity contribution in [1.82, 2.24) is 0 Å². The van der Waals surface area contributed by atoms with Gasteiger partial charge >= 0.3 is 0 Å². The van der Waals surface area contributed by atoms with Crippen molar-refractivity contribution in [2.45, 2.75) is 12.8 Å². The van der Waals surface area contributed by atoms with E-state index < -0.39 is 0 Å². The van der Waals surface area contributed by atoms with Gasteiger partial charge in [-0.2, -0.15) is 0 Å². The van der Waals surface area contributed by atoms with E-state index in [1.165, 1.54) is 0 Å². The first-order valence-electron chi connectivity index (χ1n) is 3.52. The van der Waals surface area contributed by atoms with E-state index >= 15 is 0 Å². The van der Waals surface area contributed by atoms with Crippen molar-refractivity contribution in [2.24, 2.45) is 0 Å². The number of hydrogen-bond donors (Lipinski definition) is 0. The van der Waals surface area contributed by atoms with Crippen molar-refractivity contribution in [3.63, 3.8) is 0 Å². The Hall–Kier alpha value is -0.870. The number of rotatable bonds is 2. The van der Waals surface area contributed by atoms with Crippen molar-refractivity contribution >= 4 is 11.6 Å². The highest BCUT2D eigenvalue weighted by atomic mass is 35.5. The maximum absolute atomic E-state index is 5.47. The van der Waals surface area contributed by atoms with Crippen LogP contribution in [0, 0.1) is 11.8 Å². The predicted molar refractivity (Wildman–Crippen MR) is 45.5 cm³/mol. The summed E-state index contributed by atoms with van der Waals surface area (Å²) in [6.07, 6.45) is 3.39. The zero-order chi connectivity index (χ0) is 7.94. The molecule has 0 spiro atoms. The molecule has 1 nitrogen and oxygen atoms in total. The molecular formula is C9H9ClO. The van der Waals surface area contributed by atoms with Gasteiger partial charge in [-0.1, -0.05) is 5.92 Å². The molecule has 0 atom stereocenters. The lowest BCUT2D eigenvalue weighted by Gasteiger charge is -1.81. The highest BCUT2D eigenvalue weighted by Gasteiger charge is 1.84. The lowest BCUT2D eigenvalue weighted by molar-refractivity contribution is 0.554. The Kier molecular flexibility index (Phi) is 3.64. The number of unbranched alkanes of at least 4 members (excludes halogenated alkanes) is 1. The minimum absolute atomic E-state index is 0.673. The number of halogens is 1. The molecule has 0 saturated heterocycles. The maximum Gasteiger partial charge on any atom is 0.176 e. The first-order valence-corrected chi connectivity index (χ1v) is 4.05. The van der Waals surface area contributed by atoms with Gasteiger partial charge in [0.2, 0.25) is 0 Å². The summed E-state index contributed by atoms with van der Waals surface area (Å²) in [5.74, 6) is 7.24. The Morgan fingerprint density at radius 2 is 2.45 bits per heavy atom. The Balaban J connectivity index is 2.33. The Labute approximate surface area is 71.4 Å². The quantitative estimate of drug-likeness (QED) is 0.376. The third kappa shape index (κ3) is 3.15. The molecular weight excluding hydrogens is 160 g/mol. The molecule has 0 radical (unpaired) electrons. The molecule has 0 unspecified atom stereocenters. The van der Waals surface area contributed by atoms with E-state index in [9.17, 15) is 0 Å². The van der Waals surface area contributed by atoms with E-state index in [1.807, 2.05) is 12.1 Å². The molecule has 1 rings (SSSR count). The average molecular weight is 169 g/mol. The van der Waals surface area contributed by atoms with Crippen LogP contribution >= 0.6 is 11.6 Å². The third-order valence-corrected chi connectivity index (χ3v) is 1.44. The molecule has 2 heteroatoms. The minimum atomic E-state index is 0.673. The van der Waals surface area contributed by atoms with E-state index in [0.717, 1.165) is 18.6 Å². The molecule has 0 aliphatic carbocycles. The van der Waals surface area contributed by atoms with Crippen molar-refractivity contribution < 1.29 is 4.42 Å². The van der Waals surface area contributed by atoms with E-state index in [4.69, 9.17) is 16.0 Å². The Bertz CT molecular complexity index is 240. The Morgan fingerprint density at radius 1 is 1.55 bits per heavy atom. The van der Waals surface area contributed by atoms with E-state index in [-0.39, 0.29) is 0 Å². The van der Waals surface area contributed by atoms with Crippen LogP contribution in [-0.2, 0) is 0 Å². The van der Waals surface area contributed by atoms with Crippen LogP contribution in [0.2, 0.25) is 0 Å². The summed E-state index contributed by atoms with van der Waals surface area (Å²) in [4.78, 5) is 0. The summed E-state index contributed by atoms with van der Waals surface area (Å²) in [5, 5.41) is 0. The van der Waals surface area contributed by atoms with Crippen molar-refractivity contribution in [1.29, 1.82) is 0 Å². The van der Waals surface area contributed by atoms with Gasteiger partial charge in [0.05, 0.1) is 6.26 Å². The van der Waals surface area contributed by atoms with Gasteiger partial charge in [0.25, 0.3) is 0 Å². The summed E-state index contributed by atoms with van der Waals surface area (Å²) in [5.41, 5.74) is 0. The van der Waals surface area contributed by atoms with Gasteiger partial charge < -0.3 is 4.42 Å². The van der Waals surface area contributed by atoms with Gasteiger partial charge in [-0.05, 0) is 24.5 Å². The molecule has 0 fully saturated rings. The molecule has 0 aliphatic heterocycles. The van der Waals surface area contributed by atoms with Gasteiger partial charge in [-0.15, -0.1) is 11.6 Å². The summed E-state index contributed by atoms with van der Waals surface area (Å²) in [6, 6.07) is 3.67.